The fourth-order valence-electron chi connectivity index (χ4n) is 3.46. The molecule has 0 radical (unpaired) electrons. The van der Waals surface area contributed by atoms with Crippen molar-refractivity contribution in [2.24, 2.45) is 0 Å². The zero-order valence-electron chi connectivity index (χ0n) is 18.0. The summed E-state index contributed by atoms with van der Waals surface area (Å²) in [7, 11) is 0. The number of nitrogens with zero attached hydrogens (tertiary/aromatic N) is 2. The summed E-state index contributed by atoms with van der Waals surface area (Å²) in [5.41, 5.74) is 2.60. The van der Waals surface area contributed by atoms with Crippen LogP contribution >= 0.6 is 0 Å². The second-order valence-electron chi connectivity index (χ2n) is 8.68. The quantitative estimate of drug-likeness (QED) is 0.715. The molecule has 2 aromatic carbocycles. The fourth-order valence-corrected chi connectivity index (χ4v) is 3.46. The first-order valence-corrected chi connectivity index (χ1v) is 10.2. The van der Waals surface area contributed by atoms with E-state index in [1.165, 1.54) is 29.3 Å². The van der Waals surface area contributed by atoms with Gasteiger partial charge in [0.05, 0.1) is 5.69 Å². The highest BCUT2D eigenvalue weighted by atomic mass is 19.4. The molecule has 0 aliphatic carbocycles. The third kappa shape index (κ3) is 6.62. The molecule has 0 aromatic heterocycles. The first-order valence-electron chi connectivity index (χ1n) is 10.2. The number of carbonyl (C=O) groups is 1. The van der Waals surface area contributed by atoms with Gasteiger partial charge in [-0.15, -0.1) is 13.2 Å². The third-order valence-electron chi connectivity index (χ3n) is 5.24. The Bertz CT molecular complexity index is 884. The van der Waals surface area contributed by atoms with Crippen LogP contribution in [0.3, 0.4) is 0 Å². The summed E-state index contributed by atoms with van der Waals surface area (Å²) in [5, 5.41) is 2.53. The molecule has 8 heteroatoms. The Labute approximate surface area is 180 Å². The number of carbonyl (C=O) groups excluding carboxylic acids is 1. The number of amides is 2. The maximum Gasteiger partial charge on any atom is 0.573 e. The van der Waals surface area contributed by atoms with Crippen LogP contribution in [0.2, 0.25) is 0 Å². The number of hydrogen-bond acceptors (Lipinski definition) is 3. The van der Waals surface area contributed by atoms with Crippen molar-refractivity contribution in [3.63, 3.8) is 0 Å². The minimum atomic E-state index is -4.82. The maximum atomic E-state index is 12.6. The van der Waals surface area contributed by atoms with E-state index in [2.05, 4.69) is 60.0 Å². The number of urea groups is 1. The predicted octanol–water partition coefficient (Wildman–Crippen LogP) is 5.23. The fraction of sp³-hybridized carbons (Fsp3) is 0.435. The van der Waals surface area contributed by atoms with Crippen LogP contribution < -0.4 is 10.1 Å². The molecule has 0 saturated carbocycles. The van der Waals surface area contributed by atoms with Gasteiger partial charge >= 0.3 is 12.4 Å². The molecule has 1 fully saturated rings. The van der Waals surface area contributed by atoms with Crippen LogP contribution in [0.15, 0.2) is 48.5 Å². The largest absolute Gasteiger partial charge is 0.573 e. The molecule has 2 aromatic rings. The molecule has 0 unspecified atom stereocenters. The molecule has 5 nitrogen and oxygen atoms in total. The molecule has 1 aliphatic heterocycles. The molecule has 1 heterocycles. The topological polar surface area (TPSA) is 44.8 Å². The first-order chi connectivity index (χ1) is 14.5. The van der Waals surface area contributed by atoms with E-state index in [-0.39, 0.29) is 11.1 Å². The molecule has 1 N–H and O–H groups in total. The van der Waals surface area contributed by atoms with Gasteiger partial charge in [-0.2, -0.15) is 0 Å². The van der Waals surface area contributed by atoms with E-state index in [0.717, 1.165) is 6.54 Å². The van der Waals surface area contributed by atoms with Crippen molar-refractivity contribution in [3.05, 3.63) is 59.7 Å². The Morgan fingerprint density at radius 1 is 0.968 bits per heavy atom. The highest BCUT2D eigenvalue weighted by Crippen LogP contribution is 2.30. The number of ether oxygens (including phenoxy) is 1. The summed E-state index contributed by atoms with van der Waals surface area (Å²) in [5.74, 6) is -0.430. The molecular weight excluding hydrogens is 407 g/mol. The van der Waals surface area contributed by atoms with Crippen LogP contribution in [0, 0.1) is 0 Å². The molecule has 31 heavy (non-hydrogen) atoms. The van der Waals surface area contributed by atoms with Gasteiger partial charge in [0, 0.05) is 32.7 Å². The maximum absolute atomic E-state index is 12.6. The Kier molecular flexibility index (Phi) is 6.79. The first kappa shape index (κ1) is 22.9. The van der Waals surface area contributed by atoms with Gasteiger partial charge in [0.2, 0.25) is 0 Å². The van der Waals surface area contributed by atoms with Crippen molar-refractivity contribution < 1.29 is 22.7 Å². The zero-order valence-corrected chi connectivity index (χ0v) is 18.0. The van der Waals surface area contributed by atoms with Gasteiger partial charge < -0.3 is 15.0 Å². The van der Waals surface area contributed by atoms with Crippen LogP contribution in [-0.2, 0) is 12.0 Å². The van der Waals surface area contributed by atoms with Crippen LogP contribution in [-0.4, -0.2) is 48.4 Å². The Balaban J connectivity index is 1.52. The molecule has 1 saturated heterocycles. The molecule has 168 valence electrons. The molecule has 3 rings (SSSR count). The second kappa shape index (κ2) is 9.18. The van der Waals surface area contributed by atoms with E-state index in [9.17, 15) is 18.0 Å². The van der Waals surface area contributed by atoms with E-state index in [1.54, 1.807) is 11.0 Å². The van der Waals surface area contributed by atoms with Gasteiger partial charge in [0.25, 0.3) is 0 Å². The monoisotopic (exact) mass is 435 g/mol. The Hall–Kier alpha value is -2.74. The van der Waals surface area contributed by atoms with Crippen LogP contribution in [0.4, 0.5) is 23.7 Å². The van der Waals surface area contributed by atoms with Crippen LogP contribution in [0.25, 0.3) is 0 Å². The number of anilines is 1. The summed E-state index contributed by atoms with van der Waals surface area (Å²) >= 11 is 0. The lowest BCUT2D eigenvalue weighted by atomic mass is 9.87. The number of alkyl halides is 3. The average Bonchev–Trinajstić information content (AvgIpc) is 2.69. The number of halogens is 3. The number of nitrogens with one attached hydrogen (secondary N) is 1. The van der Waals surface area contributed by atoms with E-state index in [0.29, 0.717) is 26.2 Å². The summed E-state index contributed by atoms with van der Waals surface area (Å²) in [4.78, 5) is 16.4. The average molecular weight is 435 g/mol. The highest BCUT2D eigenvalue weighted by molar-refractivity contribution is 5.91. The van der Waals surface area contributed by atoms with Crippen molar-refractivity contribution in [2.45, 2.75) is 39.1 Å². The molecular formula is C23H28F3N3O2. The van der Waals surface area contributed by atoms with Gasteiger partial charge in [-0.25, -0.2) is 4.79 Å². The van der Waals surface area contributed by atoms with Gasteiger partial charge in [0.15, 0.2) is 5.75 Å². The zero-order chi connectivity index (χ0) is 22.6. The van der Waals surface area contributed by atoms with Crippen molar-refractivity contribution in [3.8, 4) is 5.75 Å². The number of rotatable bonds is 4. The number of para-hydroxylation sites is 2. The van der Waals surface area contributed by atoms with Crippen LogP contribution in [0.5, 0.6) is 5.75 Å². The van der Waals surface area contributed by atoms with Crippen molar-refractivity contribution in [2.75, 3.05) is 31.5 Å². The lowest BCUT2D eigenvalue weighted by Gasteiger charge is -2.34. The number of hydrogen-bond donors (Lipinski definition) is 1. The van der Waals surface area contributed by atoms with E-state index >= 15 is 0 Å². The lowest BCUT2D eigenvalue weighted by Crippen LogP contribution is -2.49. The minimum absolute atomic E-state index is 0.00815. The predicted molar refractivity (Wildman–Crippen MR) is 114 cm³/mol. The second-order valence-corrected chi connectivity index (χ2v) is 8.68. The highest BCUT2D eigenvalue weighted by Gasteiger charge is 2.32. The van der Waals surface area contributed by atoms with Gasteiger partial charge in [-0.3, -0.25) is 4.90 Å². The summed E-state index contributed by atoms with van der Waals surface area (Å²) in [6.45, 7) is 9.70. The van der Waals surface area contributed by atoms with E-state index in [1.807, 2.05) is 0 Å². The minimum Gasteiger partial charge on any atom is -0.404 e. The van der Waals surface area contributed by atoms with Crippen LogP contribution in [0.1, 0.15) is 31.9 Å². The SMILES string of the molecule is CC(C)(C)c1ccc(CN2CCN(C(=O)Nc3ccccc3OC(F)(F)F)CC2)cc1. The van der Waals surface area contributed by atoms with Crippen molar-refractivity contribution >= 4 is 11.7 Å². The van der Waals surface area contributed by atoms with E-state index < -0.39 is 18.1 Å². The van der Waals surface area contributed by atoms with Gasteiger partial charge in [-0.1, -0.05) is 57.2 Å². The normalized spacial score (nSPS) is 15.6. The Morgan fingerprint density at radius 3 is 2.16 bits per heavy atom. The molecule has 1 aliphatic rings. The summed E-state index contributed by atoms with van der Waals surface area (Å²) < 4.78 is 41.7. The third-order valence-corrected chi connectivity index (χ3v) is 5.24. The molecule has 0 atom stereocenters. The lowest BCUT2D eigenvalue weighted by molar-refractivity contribution is -0.274. The number of piperazine rings is 1. The van der Waals surface area contributed by atoms with Crippen molar-refractivity contribution in [1.29, 1.82) is 0 Å². The van der Waals surface area contributed by atoms with Gasteiger partial charge in [0.1, 0.15) is 0 Å². The molecule has 0 spiro atoms. The smallest absolute Gasteiger partial charge is 0.404 e. The number of benzene rings is 2. The summed E-state index contributed by atoms with van der Waals surface area (Å²) in [6, 6.07) is 13.7. The standard InChI is InChI=1S/C23H28F3N3O2/c1-22(2,3)18-10-8-17(9-11-18)16-28-12-14-29(15-13-28)21(30)27-19-6-4-5-7-20(19)31-23(24,25)26/h4-11H,12-16H2,1-3H3,(H,27,30). The Morgan fingerprint density at radius 2 is 1.58 bits per heavy atom. The summed E-state index contributed by atoms with van der Waals surface area (Å²) in [6.07, 6.45) is -4.82. The van der Waals surface area contributed by atoms with Crippen molar-refractivity contribution in [1.82, 2.24) is 9.80 Å². The van der Waals surface area contributed by atoms with E-state index in [4.69, 9.17) is 0 Å². The molecule has 0 bridgehead atoms. The van der Waals surface area contributed by atoms with Gasteiger partial charge in [-0.05, 0) is 28.7 Å². The molecule has 2 amide bonds.